The van der Waals surface area contributed by atoms with Crippen molar-refractivity contribution in [1.82, 2.24) is 5.32 Å². The van der Waals surface area contributed by atoms with Gasteiger partial charge in [0.2, 0.25) is 0 Å². The summed E-state index contributed by atoms with van der Waals surface area (Å²) in [5.41, 5.74) is 2.33. The first-order valence-corrected chi connectivity index (χ1v) is 7.58. The van der Waals surface area contributed by atoms with Crippen molar-refractivity contribution >= 4 is 5.69 Å². The number of halogens is 1. The fourth-order valence-corrected chi connectivity index (χ4v) is 2.74. The zero-order valence-electron chi connectivity index (χ0n) is 12.9. The van der Waals surface area contributed by atoms with Crippen LogP contribution in [0, 0.1) is 12.7 Å². The van der Waals surface area contributed by atoms with Gasteiger partial charge in [0.15, 0.2) is 0 Å². The molecule has 0 bridgehead atoms. The Morgan fingerprint density at radius 1 is 1.33 bits per heavy atom. The zero-order chi connectivity index (χ0) is 15.6. The molecule has 0 saturated carbocycles. The van der Waals surface area contributed by atoms with E-state index in [2.05, 4.69) is 12.2 Å². The number of nitrogens with zero attached hydrogens (tertiary/aromatic N) is 1. The van der Waals surface area contributed by atoms with Crippen LogP contribution in [-0.4, -0.2) is 42.1 Å². The normalized spacial score (nSPS) is 23.6. The maximum Gasteiger partial charge on any atom is 0.126 e. The van der Waals surface area contributed by atoms with Crippen LogP contribution in [0.3, 0.4) is 0 Å². The highest BCUT2D eigenvalue weighted by atomic mass is 19.1. The Balaban J connectivity index is 2.32. The van der Waals surface area contributed by atoms with Gasteiger partial charge < -0.3 is 20.4 Å². The van der Waals surface area contributed by atoms with Crippen LogP contribution in [0.15, 0.2) is 12.1 Å². The second-order valence-electron chi connectivity index (χ2n) is 5.88. The van der Waals surface area contributed by atoms with Crippen molar-refractivity contribution in [2.24, 2.45) is 0 Å². The van der Waals surface area contributed by atoms with Crippen LogP contribution in [0.2, 0.25) is 0 Å². The largest absolute Gasteiger partial charge is 0.389 e. The Morgan fingerprint density at radius 2 is 1.95 bits per heavy atom. The average molecular weight is 296 g/mol. The molecule has 0 aliphatic carbocycles. The minimum Gasteiger partial charge on any atom is -0.389 e. The molecule has 5 heteroatoms. The molecule has 0 spiro atoms. The Bertz CT molecular complexity index is 485. The standard InChI is InChI=1S/C16H25FN2O2/c1-4-5-18-11(3)12-7-13(17)10(2)6-14(12)19-8-15(20)16(21)9-19/h6-7,11,15-16,18,20-21H,4-5,8-9H2,1-3H3. The molecule has 1 aliphatic rings. The Labute approximate surface area is 125 Å². The van der Waals surface area contributed by atoms with Crippen LogP contribution in [0.4, 0.5) is 10.1 Å². The number of hydrogen-bond donors (Lipinski definition) is 3. The zero-order valence-corrected chi connectivity index (χ0v) is 12.9. The van der Waals surface area contributed by atoms with E-state index in [-0.39, 0.29) is 11.9 Å². The topological polar surface area (TPSA) is 55.7 Å². The highest BCUT2D eigenvalue weighted by molar-refractivity contribution is 5.58. The van der Waals surface area contributed by atoms with Gasteiger partial charge in [0.25, 0.3) is 0 Å². The molecule has 0 aromatic heterocycles. The Morgan fingerprint density at radius 3 is 2.52 bits per heavy atom. The summed E-state index contributed by atoms with van der Waals surface area (Å²) in [5, 5.41) is 22.8. The molecule has 3 atom stereocenters. The number of hydrogen-bond acceptors (Lipinski definition) is 4. The lowest BCUT2D eigenvalue weighted by Crippen LogP contribution is -2.26. The second kappa shape index (κ2) is 6.73. The van der Waals surface area contributed by atoms with Gasteiger partial charge in [-0.1, -0.05) is 6.92 Å². The van der Waals surface area contributed by atoms with Gasteiger partial charge in [0, 0.05) is 24.8 Å². The molecular formula is C16H25FN2O2. The Hall–Kier alpha value is -1.17. The van der Waals surface area contributed by atoms with Crippen molar-refractivity contribution < 1.29 is 14.6 Å². The summed E-state index contributed by atoms with van der Waals surface area (Å²) in [6.45, 7) is 7.44. The van der Waals surface area contributed by atoms with Crippen LogP contribution in [-0.2, 0) is 0 Å². The number of aliphatic hydroxyl groups is 2. The predicted molar refractivity (Wildman–Crippen MR) is 82.1 cm³/mol. The molecule has 1 saturated heterocycles. The lowest BCUT2D eigenvalue weighted by Gasteiger charge is -2.26. The molecule has 1 aliphatic heterocycles. The lowest BCUT2D eigenvalue weighted by atomic mass is 10.0. The number of aryl methyl sites for hydroxylation is 1. The van der Waals surface area contributed by atoms with Crippen molar-refractivity contribution in [3.8, 4) is 0 Å². The third kappa shape index (κ3) is 3.54. The minimum atomic E-state index is -0.748. The molecule has 1 heterocycles. The monoisotopic (exact) mass is 296 g/mol. The predicted octanol–water partition coefficient (Wildman–Crippen LogP) is 1.74. The lowest BCUT2D eigenvalue weighted by molar-refractivity contribution is 0.0572. The van der Waals surface area contributed by atoms with E-state index in [1.165, 1.54) is 0 Å². The first-order valence-electron chi connectivity index (χ1n) is 7.58. The quantitative estimate of drug-likeness (QED) is 0.775. The fourth-order valence-electron chi connectivity index (χ4n) is 2.74. The number of aliphatic hydroxyl groups excluding tert-OH is 2. The third-order valence-corrected chi connectivity index (χ3v) is 4.07. The molecule has 2 rings (SSSR count). The molecule has 1 aromatic rings. The van der Waals surface area contributed by atoms with Crippen LogP contribution >= 0.6 is 0 Å². The number of β-amino-alcohol motifs (C(OH)–C–C–N with tert-alkyl or cyclic N) is 2. The van der Waals surface area contributed by atoms with Gasteiger partial charge in [-0.15, -0.1) is 0 Å². The number of benzene rings is 1. The summed E-state index contributed by atoms with van der Waals surface area (Å²) < 4.78 is 13.9. The molecule has 4 nitrogen and oxygen atoms in total. The van der Waals surface area contributed by atoms with E-state index >= 15 is 0 Å². The first kappa shape index (κ1) is 16.2. The van der Waals surface area contributed by atoms with Crippen LogP contribution < -0.4 is 10.2 Å². The van der Waals surface area contributed by atoms with Crippen LogP contribution in [0.5, 0.6) is 0 Å². The van der Waals surface area contributed by atoms with Crippen molar-refractivity contribution in [3.05, 3.63) is 29.1 Å². The molecular weight excluding hydrogens is 271 g/mol. The van der Waals surface area contributed by atoms with E-state index in [9.17, 15) is 14.6 Å². The molecule has 1 fully saturated rings. The van der Waals surface area contributed by atoms with Crippen molar-refractivity contribution in [1.29, 1.82) is 0 Å². The van der Waals surface area contributed by atoms with E-state index in [0.29, 0.717) is 18.7 Å². The minimum absolute atomic E-state index is 0.0185. The molecule has 3 unspecified atom stereocenters. The van der Waals surface area contributed by atoms with E-state index in [1.807, 2.05) is 11.8 Å². The van der Waals surface area contributed by atoms with Crippen LogP contribution in [0.25, 0.3) is 0 Å². The van der Waals surface area contributed by atoms with Gasteiger partial charge >= 0.3 is 0 Å². The van der Waals surface area contributed by atoms with E-state index in [4.69, 9.17) is 0 Å². The summed E-state index contributed by atoms with van der Waals surface area (Å²) in [6, 6.07) is 3.39. The van der Waals surface area contributed by atoms with E-state index < -0.39 is 12.2 Å². The molecule has 118 valence electrons. The third-order valence-electron chi connectivity index (χ3n) is 4.07. The fraction of sp³-hybridized carbons (Fsp3) is 0.625. The molecule has 21 heavy (non-hydrogen) atoms. The van der Waals surface area contributed by atoms with Crippen molar-refractivity contribution in [2.45, 2.75) is 45.4 Å². The highest BCUT2D eigenvalue weighted by Gasteiger charge is 2.31. The Kier molecular flexibility index (Phi) is 5.19. The first-order chi connectivity index (χ1) is 9.93. The van der Waals surface area contributed by atoms with E-state index in [0.717, 1.165) is 24.2 Å². The second-order valence-corrected chi connectivity index (χ2v) is 5.88. The van der Waals surface area contributed by atoms with Gasteiger partial charge in [-0.3, -0.25) is 0 Å². The van der Waals surface area contributed by atoms with Gasteiger partial charge in [0.05, 0.1) is 12.2 Å². The maximum atomic E-state index is 13.9. The summed E-state index contributed by atoms with van der Waals surface area (Å²) in [7, 11) is 0. The van der Waals surface area contributed by atoms with Crippen molar-refractivity contribution in [3.63, 3.8) is 0 Å². The SMILES string of the molecule is CCCNC(C)c1cc(F)c(C)cc1N1CC(O)C(O)C1. The van der Waals surface area contributed by atoms with Gasteiger partial charge in [-0.2, -0.15) is 0 Å². The maximum absolute atomic E-state index is 13.9. The van der Waals surface area contributed by atoms with Gasteiger partial charge in [0.1, 0.15) is 5.82 Å². The smallest absolute Gasteiger partial charge is 0.126 e. The molecule has 1 aromatic carbocycles. The molecule has 0 amide bonds. The summed E-state index contributed by atoms with van der Waals surface area (Å²) in [4.78, 5) is 1.93. The molecule has 3 N–H and O–H groups in total. The number of anilines is 1. The molecule has 0 radical (unpaired) electrons. The van der Waals surface area contributed by atoms with Crippen molar-refractivity contribution in [2.75, 3.05) is 24.5 Å². The summed E-state index contributed by atoms with van der Waals surface area (Å²) >= 11 is 0. The summed E-state index contributed by atoms with van der Waals surface area (Å²) in [5.74, 6) is -0.223. The number of rotatable bonds is 5. The van der Waals surface area contributed by atoms with Gasteiger partial charge in [-0.25, -0.2) is 4.39 Å². The average Bonchev–Trinajstić information content (AvgIpc) is 2.78. The van der Waals surface area contributed by atoms with Crippen LogP contribution in [0.1, 0.15) is 37.4 Å². The van der Waals surface area contributed by atoms with E-state index in [1.54, 1.807) is 19.1 Å². The number of nitrogens with one attached hydrogen (secondary N) is 1. The summed E-state index contributed by atoms with van der Waals surface area (Å²) in [6.07, 6.45) is -0.487. The van der Waals surface area contributed by atoms with Gasteiger partial charge in [-0.05, 0) is 50.1 Å². The highest BCUT2D eigenvalue weighted by Crippen LogP contribution is 2.31.